The summed E-state index contributed by atoms with van der Waals surface area (Å²) in [7, 11) is 0. The van der Waals surface area contributed by atoms with Crippen LogP contribution in [0.2, 0.25) is 0 Å². The maximum atomic E-state index is 12.0. The lowest BCUT2D eigenvalue weighted by Gasteiger charge is -2.17. The average molecular weight is 408 g/mol. The van der Waals surface area contributed by atoms with E-state index in [9.17, 15) is 19.5 Å². The van der Waals surface area contributed by atoms with E-state index in [2.05, 4.69) is 10.1 Å². The Bertz CT molecular complexity index is 730. The minimum absolute atomic E-state index is 0.0580. The Labute approximate surface area is 168 Å². The summed E-state index contributed by atoms with van der Waals surface area (Å²) >= 11 is 0. The second-order valence-electron chi connectivity index (χ2n) is 5.92. The van der Waals surface area contributed by atoms with E-state index in [1.54, 1.807) is 38.1 Å². The molecule has 1 aromatic rings. The summed E-state index contributed by atoms with van der Waals surface area (Å²) < 4.78 is 15.1. The highest BCUT2D eigenvalue weighted by Crippen LogP contribution is 2.14. The summed E-state index contributed by atoms with van der Waals surface area (Å²) in [6, 6.07) is 5.45. The lowest BCUT2D eigenvalue weighted by molar-refractivity contribution is -0.146. The molecule has 10 heteroatoms. The normalized spacial score (nSPS) is 12.1. The van der Waals surface area contributed by atoms with Crippen molar-refractivity contribution in [1.29, 1.82) is 5.53 Å². The highest BCUT2D eigenvalue weighted by molar-refractivity contribution is 5.81. The van der Waals surface area contributed by atoms with Crippen molar-refractivity contribution >= 4 is 24.2 Å². The molecule has 2 atom stereocenters. The van der Waals surface area contributed by atoms with Crippen LogP contribution in [0.4, 0.5) is 4.79 Å². The first-order valence-corrected chi connectivity index (χ1v) is 9.17. The molecule has 1 amide bonds. The molecule has 1 unspecified atom stereocenters. The molecule has 0 heterocycles. The van der Waals surface area contributed by atoms with E-state index in [4.69, 9.17) is 19.7 Å². The number of carbonyl (C=O) groups excluding carboxylic acids is 3. The van der Waals surface area contributed by atoms with Gasteiger partial charge in [0.05, 0.1) is 12.1 Å². The van der Waals surface area contributed by atoms with Crippen molar-refractivity contribution in [2.75, 3.05) is 6.61 Å². The first-order chi connectivity index (χ1) is 13.9. The smallest absolute Gasteiger partial charge is 0.408 e. The third kappa shape index (κ3) is 9.50. The van der Waals surface area contributed by atoms with Crippen molar-refractivity contribution in [3.05, 3.63) is 29.8 Å². The van der Waals surface area contributed by atoms with Crippen molar-refractivity contribution in [1.82, 2.24) is 5.32 Å². The van der Waals surface area contributed by atoms with Crippen molar-refractivity contribution in [3.63, 3.8) is 0 Å². The van der Waals surface area contributed by atoms with Gasteiger partial charge in [-0.1, -0.05) is 19.1 Å². The standard InChI is InChI=1S/C19H25N3O7/c1-3-17(24)29-15-8-5-13(6-9-15)12-28-19(26)22-16(18(25)27-4-2)10-7-14(23)11-21-20/h5-6,8-9,11,14,16,20,23H,3-4,7,10,12H2,1-2H3/p+1/t14?,16-/m0/s1. The van der Waals surface area contributed by atoms with Crippen molar-refractivity contribution < 1.29 is 38.5 Å². The number of hydrogen-bond acceptors (Lipinski definition) is 8. The van der Waals surface area contributed by atoms with Gasteiger partial charge in [-0.05, 0) is 37.5 Å². The van der Waals surface area contributed by atoms with Crippen LogP contribution in [0.25, 0.3) is 0 Å². The molecular weight excluding hydrogens is 382 g/mol. The molecule has 0 radical (unpaired) electrons. The molecule has 0 saturated carbocycles. The zero-order valence-electron chi connectivity index (χ0n) is 16.4. The number of hydrogen-bond donors (Lipinski definition) is 3. The lowest BCUT2D eigenvalue weighted by Crippen LogP contribution is -2.42. The van der Waals surface area contributed by atoms with Gasteiger partial charge in [0, 0.05) is 11.2 Å². The Kier molecular flexibility index (Phi) is 10.7. The molecule has 158 valence electrons. The summed E-state index contributed by atoms with van der Waals surface area (Å²) in [4.78, 5) is 38.2. The molecule has 0 aromatic heterocycles. The molecule has 3 N–H and O–H groups in total. The number of esters is 2. The molecule has 0 spiro atoms. The van der Waals surface area contributed by atoms with Crippen LogP contribution in [0.5, 0.6) is 5.75 Å². The van der Waals surface area contributed by atoms with E-state index in [0.29, 0.717) is 11.3 Å². The van der Waals surface area contributed by atoms with Crippen LogP contribution in [0, 0.1) is 5.53 Å². The number of benzene rings is 1. The van der Waals surface area contributed by atoms with Crippen LogP contribution in [-0.2, 0) is 25.7 Å². The van der Waals surface area contributed by atoms with Crippen LogP contribution >= 0.6 is 0 Å². The van der Waals surface area contributed by atoms with Crippen LogP contribution in [-0.4, -0.2) is 52.9 Å². The van der Waals surface area contributed by atoms with Crippen LogP contribution < -0.4 is 10.1 Å². The highest BCUT2D eigenvalue weighted by Gasteiger charge is 2.24. The van der Waals surface area contributed by atoms with Crippen LogP contribution in [0.1, 0.15) is 38.7 Å². The summed E-state index contributed by atoms with van der Waals surface area (Å²) in [6.45, 7) is 3.40. The van der Waals surface area contributed by atoms with Gasteiger partial charge >= 0.3 is 24.2 Å². The predicted molar refractivity (Wildman–Crippen MR) is 100 cm³/mol. The predicted octanol–water partition coefficient (Wildman–Crippen LogP) is 1.61. The summed E-state index contributed by atoms with van der Waals surface area (Å²) in [5.74, 6) is -0.610. The number of aliphatic hydroxyl groups is 1. The second-order valence-corrected chi connectivity index (χ2v) is 5.92. The molecule has 0 saturated heterocycles. The van der Waals surface area contributed by atoms with Gasteiger partial charge in [-0.25, -0.2) is 9.59 Å². The lowest BCUT2D eigenvalue weighted by atomic mass is 10.1. The molecule has 0 fully saturated rings. The minimum atomic E-state index is -1.01. The molecule has 0 aliphatic carbocycles. The second kappa shape index (κ2) is 13.0. The Hall–Kier alpha value is -3.23. The molecule has 0 aliphatic heterocycles. The molecule has 10 nitrogen and oxygen atoms in total. The van der Waals surface area contributed by atoms with Gasteiger partial charge in [0.2, 0.25) is 0 Å². The third-order valence-corrected chi connectivity index (χ3v) is 3.67. The summed E-state index contributed by atoms with van der Waals surface area (Å²) in [5.41, 5.74) is 7.34. The van der Waals surface area contributed by atoms with E-state index in [-0.39, 0.29) is 38.4 Å². The number of nitrogens with one attached hydrogen (secondary N) is 2. The monoisotopic (exact) mass is 408 g/mol. The van der Waals surface area contributed by atoms with Gasteiger partial charge in [0.1, 0.15) is 18.4 Å². The maximum Gasteiger partial charge on any atom is 0.408 e. The number of aliphatic hydroxyl groups excluding tert-OH is 1. The van der Waals surface area contributed by atoms with E-state index in [1.807, 2.05) is 0 Å². The largest absolute Gasteiger partial charge is 0.464 e. The average Bonchev–Trinajstić information content (AvgIpc) is 2.70. The van der Waals surface area contributed by atoms with E-state index in [0.717, 1.165) is 6.21 Å². The maximum absolute atomic E-state index is 12.0. The van der Waals surface area contributed by atoms with Gasteiger partial charge in [0.25, 0.3) is 0 Å². The molecule has 1 rings (SSSR count). The van der Waals surface area contributed by atoms with Crippen LogP contribution in [0.15, 0.2) is 24.3 Å². The van der Waals surface area contributed by atoms with Gasteiger partial charge in [-0.3, -0.25) is 4.79 Å². The van der Waals surface area contributed by atoms with Gasteiger partial charge < -0.3 is 24.6 Å². The first kappa shape index (κ1) is 23.8. The van der Waals surface area contributed by atoms with Crippen molar-refractivity contribution in [3.8, 4) is 5.75 Å². The first-order valence-electron chi connectivity index (χ1n) is 9.17. The topological polar surface area (TPSA) is 149 Å². The van der Waals surface area contributed by atoms with Gasteiger partial charge in [-0.2, -0.15) is 0 Å². The molecule has 1 aromatic carbocycles. The number of ether oxygens (including phenoxy) is 3. The molecule has 0 aliphatic rings. The molecule has 29 heavy (non-hydrogen) atoms. The fourth-order valence-electron chi connectivity index (χ4n) is 2.18. The number of amides is 1. The van der Waals surface area contributed by atoms with Crippen molar-refractivity contribution in [2.45, 2.75) is 51.9 Å². The third-order valence-electron chi connectivity index (χ3n) is 3.67. The number of alkyl carbamates (subject to hydrolysis) is 1. The fraction of sp³-hybridized carbons (Fsp3) is 0.474. The quantitative estimate of drug-likeness (QED) is 0.165. The minimum Gasteiger partial charge on any atom is -0.464 e. The SMILES string of the molecule is CCOC(=O)[C@H](CCC(O)C=[N+]=N)NC(=O)OCc1ccc(OC(=O)CC)cc1. The summed E-state index contributed by atoms with van der Waals surface area (Å²) in [6.07, 6.45) is -0.375. The fourth-order valence-corrected chi connectivity index (χ4v) is 2.18. The summed E-state index contributed by atoms with van der Waals surface area (Å²) in [5, 5.41) is 12.0. The zero-order chi connectivity index (χ0) is 21.6. The molecule has 0 bridgehead atoms. The van der Waals surface area contributed by atoms with Gasteiger partial charge in [0.15, 0.2) is 6.10 Å². The van der Waals surface area contributed by atoms with Gasteiger partial charge in [-0.15, -0.1) is 0 Å². The highest BCUT2D eigenvalue weighted by atomic mass is 16.6. The molecular formula is C19H26N3O7+. The number of rotatable bonds is 11. The number of nitrogens with zero attached hydrogens (tertiary/aromatic N) is 1. The van der Waals surface area contributed by atoms with Crippen LogP contribution in [0.3, 0.4) is 0 Å². The Morgan fingerprint density at radius 2 is 1.86 bits per heavy atom. The zero-order valence-corrected chi connectivity index (χ0v) is 16.4. The van der Waals surface area contributed by atoms with E-state index < -0.39 is 24.2 Å². The van der Waals surface area contributed by atoms with Crippen molar-refractivity contribution in [2.24, 2.45) is 0 Å². The van der Waals surface area contributed by atoms with E-state index in [1.165, 1.54) is 0 Å². The van der Waals surface area contributed by atoms with E-state index >= 15 is 0 Å². The Morgan fingerprint density at radius 1 is 1.17 bits per heavy atom. The number of carbonyl (C=O) groups is 3. The Morgan fingerprint density at radius 3 is 2.45 bits per heavy atom. The Balaban J connectivity index is 2.57.